The summed E-state index contributed by atoms with van der Waals surface area (Å²) in [5.41, 5.74) is 0.632. The van der Waals surface area contributed by atoms with Crippen LogP contribution in [0.1, 0.15) is 24.2 Å². The zero-order valence-corrected chi connectivity index (χ0v) is 12.5. The quantitative estimate of drug-likeness (QED) is 0.861. The summed E-state index contributed by atoms with van der Waals surface area (Å²) in [4.78, 5) is 0. The lowest BCUT2D eigenvalue weighted by Gasteiger charge is -2.15. The summed E-state index contributed by atoms with van der Waals surface area (Å²) in [6.07, 6.45) is -0.921. The van der Waals surface area contributed by atoms with Crippen LogP contribution in [0.25, 0.3) is 0 Å². The molecule has 1 atom stereocenters. The van der Waals surface area contributed by atoms with Crippen molar-refractivity contribution in [2.24, 2.45) is 0 Å². The van der Waals surface area contributed by atoms with Crippen LogP contribution in [0.15, 0.2) is 34.8 Å². The zero-order valence-electron chi connectivity index (χ0n) is 11.0. The van der Waals surface area contributed by atoms with E-state index in [1.165, 1.54) is 31.2 Å². The van der Waals surface area contributed by atoms with Crippen LogP contribution in [-0.4, -0.2) is 5.11 Å². The zero-order chi connectivity index (χ0) is 14.9. The number of hydrogen-bond acceptors (Lipinski definition) is 2. The lowest BCUT2D eigenvalue weighted by Crippen LogP contribution is -2.00. The van der Waals surface area contributed by atoms with Crippen molar-refractivity contribution >= 4 is 15.9 Å². The Balaban J connectivity index is 2.47. The Morgan fingerprint density at radius 2 is 1.80 bits per heavy atom. The molecule has 1 N–H and O–H groups in total. The van der Waals surface area contributed by atoms with Gasteiger partial charge in [-0.25, -0.2) is 8.78 Å². The monoisotopic (exact) mass is 342 g/mol. The minimum atomic E-state index is -0.921. The van der Waals surface area contributed by atoms with Crippen LogP contribution in [-0.2, 0) is 0 Å². The van der Waals surface area contributed by atoms with E-state index in [9.17, 15) is 13.9 Å². The van der Waals surface area contributed by atoms with Crippen molar-refractivity contribution in [1.82, 2.24) is 0 Å². The predicted octanol–water partition coefficient (Wildman–Crippen LogP) is 4.88. The molecule has 0 spiro atoms. The largest absolute Gasteiger partial charge is 0.454 e. The first-order chi connectivity index (χ1) is 9.38. The topological polar surface area (TPSA) is 29.5 Å². The Morgan fingerprint density at radius 3 is 2.45 bits per heavy atom. The van der Waals surface area contributed by atoms with Crippen molar-refractivity contribution in [3.8, 4) is 11.5 Å². The molecule has 0 bridgehead atoms. The van der Waals surface area contributed by atoms with Crippen LogP contribution in [0.2, 0.25) is 0 Å². The molecule has 0 aliphatic carbocycles. The van der Waals surface area contributed by atoms with Crippen molar-refractivity contribution in [2.75, 3.05) is 0 Å². The summed E-state index contributed by atoms with van der Waals surface area (Å²) in [6.45, 7) is 3.07. The van der Waals surface area contributed by atoms with Crippen molar-refractivity contribution in [3.05, 3.63) is 57.6 Å². The van der Waals surface area contributed by atoms with Crippen LogP contribution in [0.4, 0.5) is 8.78 Å². The van der Waals surface area contributed by atoms with E-state index in [0.29, 0.717) is 10.0 Å². The minimum Gasteiger partial charge on any atom is -0.454 e. The average molecular weight is 343 g/mol. The van der Waals surface area contributed by atoms with Gasteiger partial charge in [0.15, 0.2) is 11.6 Å². The highest BCUT2D eigenvalue weighted by Crippen LogP contribution is 2.34. The van der Waals surface area contributed by atoms with Crippen LogP contribution in [0, 0.1) is 18.6 Å². The second kappa shape index (κ2) is 5.89. The first-order valence-electron chi connectivity index (χ1n) is 5.99. The molecule has 2 nitrogen and oxygen atoms in total. The van der Waals surface area contributed by atoms with Crippen molar-refractivity contribution in [2.45, 2.75) is 20.0 Å². The third-order valence-corrected chi connectivity index (χ3v) is 3.35. The molecule has 0 unspecified atom stereocenters. The SMILES string of the molecule is Cc1cc(Oc2cc(Br)ccc2F)c([C@@H](C)O)cc1F. The molecule has 0 amide bonds. The molecule has 20 heavy (non-hydrogen) atoms. The number of rotatable bonds is 3. The van der Waals surface area contributed by atoms with Crippen LogP contribution < -0.4 is 4.74 Å². The van der Waals surface area contributed by atoms with Crippen LogP contribution >= 0.6 is 15.9 Å². The second-order valence-corrected chi connectivity index (χ2v) is 5.41. The van der Waals surface area contributed by atoms with Gasteiger partial charge in [0.2, 0.25) is 0 Å². The summed E-state index contributed by atoms with van der Waals surface area (Å²) in [6, 6.07) is 6.92. The fourth-order valence-electron chi connectivity index (χ4n) is 1.76. The fraction of sp³-hybridized carbons (Fsp3) is 0.200. The summed E-state index contributed by atoms with van der Waals surface area (Å²) < 4.78 is 33.4. The van der Waals surface area contributed by atoms with Gasteiger partial charge < -0.3 is 9.84 Å². The molecule has 0 aliphatic heterocycles. The first-order valence-corrected chi connectivity index (χ1v) is 6.79. The third-order valence-electron chi connectivity index (χ3n) is 2.85. The van der Waals surface area contributed by atoms with Crippen molar-refractivity contribution < 1.29 is 18.6 Å². The molecule has 2 aromatic rings. The van der Waals surface area contributed by atoms with Gasteiger partial charge in [-0.05, 0) is 49.7 Å². The lowest BCUT2D eigenvalue weighted by atomic mass is 10.1. The molecule has 0 radical (unpaired) electrons. The maximum absolute atomic E-state index is 13.7. The standard InChI is InChI=1S/C15H13BrF2O2/c1-8-5-14(11(9(2)19)7-13(8)18)20-15-6-10(16)3-4-12(15)17/h3-7,9,19H,1-2H3/t9-/m1/s1. The Kier molecular flexibility index (Phi) is 4.40. The molecule has 0 aliphatic rings. The minimum absolute atomic E-state index is 0.00674. The summed E-state index contributed by atoms with van der Waals surface area (Å²) >= 11 is 3.23. The molecule has 106 valence electrons. The van der Waals surface area contributed by atoms with E-state index in [4.69, 9.17) is 4.74 Å². The Bertz CT molecular complexity index is 642. The van der Waals surface area contributed by atoms with Gasteiger partial charge in [0.1, 0.15) is 11.6 Å². The lowest BCUT2D eigenvalue weighted by molar-refractivity contribution is 0.195. The van der Waals surface area contributed by atoms with Gasteiger partial charge >= 0.3 is 0 Å². The number of aliphatic hydroxyl groups excluding tert-OH is 1. The highest BCUT2D eigenvalue weighted by molar-refractivity contribution is 9.10. The van der Waals surface area contributed by atoms with E-state index in [1.807, 2.05) is 0 Å². The molecular weight excluding hydrogens is 330 g/mol. The molecule has 5 heteroatoms. The molecule has 2 aromatic carbocycles. The van der Waals surface area contributed by atoms with E-state index >= 15 is 0 Å². The van der Waals surface area contributed by atoms with E-state index in [0.717, 1.165) is 0 Å². The van der Waals surface area contributed by atoms with E-state index in [2.05, 4.69) is 15.9 Å². The molecule has 0 aromatic heterocycles. The molecule has 0 heterocycles. The van der Waals surface area contributed by atoms with Gasteiger partial charge in [-0.1, -0.05) is 15.9 Å². The summed E-state index contributed by atoms with van der Waals surface area (Å²) in [5.74, 6) is -0.738. The Morgan fingerprint density at radius 1 is 1.10 bits per heavy atom. The van der Waals surface area contributed by atoms with Gasteiger partial charge in [0.05, 0.1) is 6.10 Å². The van der Waals surface area contributed by atoms with Crippen molar-refractivity contribution in [1.29, 1.82) is 0 Å². The van der Waals surface area contributed by atoms with Gasteiger partial charge in [0, 0.05) is 10.0 Å². The maximum atomic E-state index is 13.7. The van der Waals surface area contributed by atoms with Gasteiger partial charge in [0.25, 0.3) is 0 Å². The third kappa shape index (κ3) is 3.16. The second-order valence-electron chi connectivity index (χ2n) is 4.49. The normalized spacial score (nSPS) is 12.3. The molecule has 0 saturated heterocycles. The predicted molar refractivity (Wildman–Crippen MR) is 75.9 cm³/mol. The van der Waals surface area contributed by atoms with Gasteiger partial charge in [-0.2, -0.15) is 0 Å². The van der Waals surface area contributed by atoms with Crippen molar-refractivity contribution in [3.63, 3.8) is 0 Å². The van der Waals surface area contributed by atoms with Crippen LogP contribution in [0.5, 0.6) is 11.5 Å². The highest BCUT2D eigenvalue weighted by atomic mass is 79.9. The molecule has 2 rings (SSSR count). The maximum Gasteiger partial charge on any atom is 0.165 e. The highest BCUT2D eigenvalue weighted by Gasteiger charge is 2.15. The number of benzene rings is 2. The van der Waals surface area contributed by atoms with Gasteiger partial charge in [-0.3, -0.25) is 0 Å². The first kappa shape index (κ1) is 14.9. The summed E-state index contributed by atoms with van der Waals surface area (Å²) in [7, 11) is 0. The number of aliphatic hydroxyl groups is 1. The van der Waals surface area contributed by atoms with Crippen LogP contribution in [0.3, 0.4) is 0 Å². The number of hydrogen-bond donors (Lipinski definition) is 1. The molecular formula is C15H13BrF2O2. The summed E-state index contributed by atoms with van der Waals surface area (Å²) in [5, 5.41) is 9.67. The Labute approximate surface area is 124 Å². The Hall–Kier alpha value is -1.46. The molecule has 0 fully saturated rings. The van der Waals surface area contributed by atoms with E-state index in [-0.39, 0.29) is 17.1 Å². The van der Waals surface area contributed by atoms with E-state index < -0.39 is 17.7 Å². The molecule has 0 saturated carbocycles. The number of ether oxygens (including phenoxy) is 1. The number of aryl methyl sites for hydroxylation is 1. The van der Waals surface area contributed by atoms with E-state index in [1.54, 1.807) is 13.0 Å². The fourth-order valence-corrected chi connectivity index (χ4v) is 2.10. The smallest absolute Gasteiger partial charge is 0.165 e. The van der Waals surface area contributed by atoms with Gasteiger partial charge in [-0.15, -0.1) is 0 Å². The average Bonchev–Trinajstić information content (AvgIpc) is 2.37. The number of halogens is 3.